The van der Waals surface area contributed by atoms with Crippen LogP contribution in [0.4, 0.5) is 19.3 Å². The van der Waals surface area contributed by atoms with Crippen LogP contribution in [0.1, 0.15) is 53.1 Å². The van der Waals surface area contributed by atoms with Gasteiger partial charge in [0.1, 0.15) is 28.4 Å². The molecule has 2 aromatic heterocycles. The number of carbonyl (C=O) groups is 1. The van der Waals surface area contributed by atoms with Crippen LogP contribution in [0.2, 0.25) is 0 Å². The van der Waals surface area contributed by atoms with E-state index in [4.69, 9.17) is 4.74 Å². The molecule has 1 N–H and O–H groups in total. The molecule has 2 aromatic carbocycles. The van der Waals surface area contributed by atoms with Crippen LogP contribution in [-0.4, -0.2) is 22.1 Å². The van der Waals surface area contributed by atoms with Gasteiger partial charge in [0.2, 0.25) is 0 Å². The number of rotatable bonds is 4. The number of nitrogens with one attached hydrogen (secondary N) is 1. The molecule has 8 heteroatoms. The van der Waals surface area contributed by atoms with Gasteiger partial charge in [0, 0.05) is 28.4 Å². The second kappa shape index (κ2) is 9.67. The highest BCUT2D eigenvalue weighted by Crippen LogP contribution is 2.44. The van der Waals surface area contributed by atoms with Crippen molar-refractivity contribution in [3.05, 3.63) is 99.7 Å². The van der Waals surface area contributed by atoms with E-state index >= 15 is 0 Å². The molecule has 5 nitrogen and oxygen atoms in total. The van der Waals surface area contributed by atoms with Gasteiger partial charge in [0.15, 0.2) is 0 Å². The molecule has 1 aliphatic heterocycles. The lowest BCUT2D eigenvalue weighted by Gasteiger charge is -2.31. The minimum Gasteiger partial charge on any atom is -0.494 e. The minimum atomic E-state index is -0.679. The van der Waals surface area contributed by atoms with Crippen molar-refractivity contribution in [3.8, 4) is 10.8 Å². The highest BCUT2D eigenvalue weighted by molar-refractivity contribution is 7.15. The number of urea groups is 1. The average molecular weight is 520 g/mol. The summed E-state index contributed by atoms with van der Waals surface area (Å²) < 4.78 is 36.4. The molecule has 0 fully saturated rings. The summed E-state index contributed by atoms with van der Waals surface area (Å²) in [6, 6.07) is 13.5. The van der Waals surface area contributed by atoms with Gasteiger partial charge >= 0.3 is 6.03 Å². The van der Waals surface area contributed by atoms with E-state index in [-0.39, 0.29) is 6.03 Å². The van der Waals surface area contributed by atoms with E-state index in [1.54, 1.807) is 40.5 Å². The number of aromatic nitrogens is 1. The molecule has 2 aliphatic rings. The lowest BCUT2D eigenvalue weighted by molar-refractivity contribution is 0.194. The number of thiophene rings is 1. The number of ether oxygens (including phenoxy) is 1. The van der Waals surface area contributed by atoms with Crippen LogP contribution in [0.3, 0.4) is 0 Å². The molecule has 6 rings (SSSR count). The van der Waals surface area contributed by atoms with Gasteiger partial charge < -0.3 is 19.5 Å². The van der Waals surface area contributed by atoms with Gasteiger partial charge in [0.25, 0.3) is 0 Å². The largest absolute Gasteiger partial charge is 0.494 e. The van der Waals surface area contributed by atoms with Crippen molar-refractivity contribution in [1.29, 1.82) is 0 Å². The number of halogens is 2. The Morgan fingerprint density at radius 1 is 1.05 bits per heavy atom. The van der Waals surface area contributed by atoms with E-state index in [9.17, 15) is 13.6 Å². The van der Waals surface area contributed by atoms with Gasteiger partial charge in [-0.25, -0.2) is 13.6 Å². The third-order valence-electron chi connectivity index (χ3n) is 7.06. The first-order valence-corrected chi connectivity index (χ1v) is 13.4. The standard InChI is InChI=1S/C29H27F2N3O2S/c1-2-36-22-11-9-21(10-12-22)32-29(35)34-17-24-23-6-3-4-8-26(23)37-28(24)33-13-5-7-25(33)27(34)18-14-19(30)16-20(31)15-18/h5,7,9-16,27H,2-4,6,8,17H2,1H3,(H,32,35)/t27-/m1/s1. The minimum absolute atomic E-state index is 0.338. The van der Waals surface area contributed by atoms with Crippen LogP contribution < -0.4 is 10.1 Å². The molecular weight excluding hydrogens is 492 g/mol. The maximum Gasteiger partial charge on any atom is 0.322 e. The van der Waals surface area contributed by atoms with Crippen LogP contribution in [0.15, 0.2) is 60.8 Å². The quantitative estimate of drug-likeness (QED) is 0.309. The van der Waals surface area contributed by atoms with Crippen LogP contribution in [0, 0.1) is 11.6 Å². The number of fused-ring (bicyclic) bond motifs is 5. The van der Waals surface area contributed by atoms with E-state index < -0.39 is 17.7 Å². The van der Waals surface area contributed by atoms with Crippen molar-refractivity contribution in [2.75, 3.05) is 11.9 Å². The van der Waals surface area contributed by atoms with E-state index in [1.807, 2.05) is 25.3 Å². The van der Waals surface area contributed by atoms with E-state index in [0.717, 1.165) is 53.8 Å². The molecule has 37 heavy (non-hydrogen) atoms. The topological polar surface area (TPSA) is 46.5 Å². The predicted octanol–water partition coefficient (Wildman–Crippen LogP) is 7.23. The molecule has 0 saturated heterocycles. The van der Waals surface area contributed by atoms with Gasteiger partial charge in [0.05, 0.1) is 18.8 Å². The number of hydrogen-bond donors (Lipinski definition) is 1. The molecule has 4 aromatic rings. The maximum absolute atomic E-state index is 14.4. The Bertz CT molecular complexity index is 1440. The number of anilines is 1. The molecule has 1 aliphatic carbocycles. The second-order valence-electron chi connectivity index (χ2n) is 9.42. The summed E-state index contributed by atoms with van der Waals surface area (Å²) in [7, 11) is 0. The summed E-state index contributed by atoms with van der Waals surface area (Å²) in [4.78, 5) is 17.0. The van der Waals surface area contributed by atoms with Crippen molar-refractivity contribution >= 4 is 23.1 Å². The third-order valence-corrected chi connectivity index (χ3v) is 8.39. The van der Waals surface area contributed by atoms with Gasteiger partial charge in [-0.15, -0.1) is 11.3 Å². The number of nitrogens with zero attached hydrogens (tertiary/aromatic N) is 2. The zero-order chi connectivity index (χ0) is 25.5. The highest BCUT2D eigenvalue weighted by atomic mass is 32.1. The summed E-state index contributed by atoms with van der Waals surface area (Å²) in [5.74, 6) is -0.622. The number of benzene rings is 2. The van der Waals surface area contributed by atoms with Crippen molar-refractivity contribution in [3.63, 3.8) is 0 Å². The first-order chi connectivity index (χ1) is 18.0. The van der Waals surface area contributed by atoms with Crippen LogP contribution in [-0.2, 0) is 19.4 Å². The summed E-state index contributed by atoms with van der Waals surface area (Å²) in [5, 5.41) is 4.09. The van der Waals surface area contributed by atoms with Crippen molar-refractivity contribution in [2.45, 2.75) is 45.2 Å². The van der Waals surface area contributed by atoms with Crippen LogP contribution >= 0.6 is 11.3 Å². The smallest absolute Gasteiger partial charge is 0.322 e. The predicted molar refractivity (Wildman–Crippen MR) is 141 cm³/mol. The second-order valence-corrected chi connectivity index (χ2v) is 10.5. The maximum atomic E-state index is 14.4. The Morgan fingerprint density at radius 3 is 2.57 bits per heavy atom. The molecule has 0 bridgehead atoms. The van der Waals surface area contributed by atoms with E-state index in [2.05, 4.69) is 9.88 Å². The number of carbonyl (C=O) groups excluding carboxylic acids is 1. The molecular formula is C29H27F2N3O2S. The first kappa shape index (κ1) is 23.7. The van der Waals surface area contributed by atoms with E-state index in [0.29, 0.717) is 24.4 Å². The van der Waals surface area contributed by atoms with Gasteiger partial charge in [-0.1, -0.05) is 0 Å². The highest BCUT2D eigenvalue weighted by Gasteiger charge is 2.36. The Kier molecular flexibility index (Phi) is 6.20. The molecule has 0 unspecified atom stereocenters. The van der Waals surface area contributed by atoms with Gasteiger partial charge in [-0.05, 0) is 92.3 Å². The lowest BCUT2D eigenvalue weighted by atomic mass is 9.95. The number of hydrogen-bond acceptors (Lipinski definition) is 3. The zero-order valence-electron chi connectivity index (χ0n) is 20.5. The summed E-state index contributed by atoms with van der Waals surface area (Å²) in [5.41, 5.74) is 4.24. The van der Waals surface area contributed by atoms with E-state index in [1.165, 1.54) is 22.6 Å². The summed E-state index contributed by atoms with van der Waals surface area (Å²) in [6.07, 6.45) is 6.28. The fourth-order valence-corrected chi connectivity index (χ4v) is 6.87. The fraction of sp³-hybridized carbons (Fsp3) is 0.276. The lowest BCUT2D eigenvalue weighted by Crippen LogP contribution is -2.38. The number of amides is 2. The Labute approximate surface area is 218 Å². The molecule has 0 spiro atoms. The molecule has 3 heterocycles. The molecule has 190 valence electrons. The van der Waals surface area contributed by atoms with Crippen molar-refractivity contribution in [1.82, 2.24) is 9.47 Å². The Hall–Kier alpha value is -3.65. The number of aryl methyl sites for hydroxylation is 1. The van der Waals surface area contributed by atoms with Crippen LogP contribution in [0.5, 0.6) is 5.75 Å². The monoisotopic (exact) mass is 519 g/mol. The van der Waals surface area contributed by atoms with Crippen LogP contribution in [0.25, 0.3) is 5.00 Å². The van der Waals surface area contributed by atoms with Gasteiger partial charge in [-0.3, -0.25) is 0 Å². The Morgan fingerprint density at radius 2 is 1.81 bits per heavy atom. The summed E-state index contributed by atoms with van der Waals surface area (Å²) in [6.45, 7) is 2.81. The Balaban J connectivity index is 1.46. The first-order valence-electron chi connectivity index (χ1n) is 12.6. The molecule has 2 amide bonds. The normalized spacial score (nSPS) is 16.4. The van der Waals surface area contributed by atoms with Gasteiger partial charge in [-0.2, -0.15) is 0 Å². The third kappa shape index (κ3) is 4.39. The molecule has 1 atom stereocenters. The van der Waals surface area contributed by atoms with Crippen molar-refractivity contribution in [2.24, 2.45) is 0 Å². The zero-order valence-corrected chi connectivity index (χ0v) is 21.3. The summed E-state index contributed by atoms with van der Waals surface area (Å²) >= 11 is 1.77. The molecule has 0 radical (unpaired) electrons. The SMILES string of the molecule is CCOc1ccc(NC(=O)N2Cc3c(sc4c3CCCC4)-n3cccc3[C@H]2c2cc(F)cc(F)c2)cc1. The fourth-order valence-electron chi connectivity index (χ4n) is 5.47. The van der Waals surface area contributed by atoms with Crippen molar-refractivity contribution < 1.29 is 18.3 Å². The molecule has 0 saturated carbocycles. The average Bonchev–Trinajstić information content (AvgIpc) is 3.46.